The van der Waals surface area contributed by atoms with Crippen LogP contribution in [0, 0.1) is 13.8 Å². The summed E-state index contributed by atoms with van der Waals surface area (Å²) < 4.78 is 36.7. The standard InChI is InChI=1S/C19H23NO5S/c1-14-11-15(2)13-17(12-14)25-10-9-20(3)26(22,23)18-7-5-16(6-8-18)19(21)24-4/h5-8,11-13H,9-10H2,1-4H3. The molecule has 0 saturated heterocycles. The van der Waals surface area contributed by atoms with E-state index in [2.05, 4.69) is 4.74 Å². The predicted octanol–water partition coefficient (Wildman–Crippen LogP) is 2.79. The van der Waals surface area contributed by atoms with E-state index in [0.29, 0.717) is 5.56 Å². The van der Waals surface area contributed by atoms with Gasteiger partial charge in [-0.25, -0.2) is 13.2 Å². The Kier molecular flexibility index (Phi) is 6.39. The molecule has 0 atom stereocenters. The van der Waals surface area contributed by atoms with Crippen LogP contribution >= 0.6 is 0 Å². The quantitative estimate of drug-likeness (QED) is 0.694. The summed E-state index contributed by atoms with van der Waals surface area (Å²) in [4.78, 5) is 11.5. The highest BCUT2D eigenvalue weighted by molar-refractivity contribution is 7.89. The number of methoxy groups -OCH3 is 1. The first-order valence-corrected chi connectivity index (χ1v) is 9.54. The lowest BCUT2D eigenvalue weighted by molar-refractivity contribution is 0.0600. The lowest BCUT2D eigenvalue weighted by atomic mass is 10.1. The third-order valence-corrected chi connectivity index (χ3v) is 5.72. The van der Waals surface area contributed by atoms with Crippen LogP contribution in [0.2, 0.25) is 0 Å². The number of ether oxygens (including phenoxy) is 2. The monoisotopic (exact) mass is 377 g/mol. The van der Waals surface area contributed by atoms with Gasteiger partial charge in [-0.05, 0) is 61.4 Å². The second-order valence-electron chi connectivity index (χ2n) is 6.01. The fraction of sp³-hybridized carbons (Fsp3) is 0.316. The molecule has 0 aliphatic carbocycles. The smallest absolute Gasteiger partial charge is 0.337 e. The molecule has 0 aliphatic heterocycles. The van der Waals surface area contributed by atoms with Crippen LogP contribution in [0.25, 0.3) is 0 Å². The van der Waals surface area contributed by atoms with E-state index in [1.54, 1.807) is 0 Å². The van der Waals surface area contributed by atoms with E-state index in [1.807, 2.05) is 32.0 Å². The molecule has 140 valence electrons. The van der Waals surface area contributed by atoms with Gasteiger partial charge in [-0.3, -0.25) is 0 Å². The molecular formula is C19H23NO5S. The first kappa shape index (κ1) is 19.9. The molecular weight excluding hydrogens is 354 g/mol. The lowest BCUT2D eigenvalue weighted by Crippen LogP contribution is -2.31. The summed E-state index contributed by atoms with van der Waals surface area (Å²) in [5.41, 5.74) is 2.48. The highest BCUT2D eigenvalue weighted by Gasteiger charge is 2.21. The van der Waals surface area contributed by atoms with Gasteiger partial charge in [-0.1, -0.05) is 6.07 Å². The van der Waals surface area contributed by atoms with E-state index < -0.39 is 16.0 Å². The first-order valence-electron chi connectivity index (χ1n) is 8.10. The van der Waals surface area contributed by atoms with Crippen molar-refractivity contribution in [3.8, 4) is 5.75 Å². The molecule has 0 saturated carbocycles. The number of carbonyl (C=O) groups excluding carboxylic acids is 1. The molecule has 0 heterocycles. The number of likely N-dealkylation sites (N-methyl/N-ethyl adjacent to an activating group) is 1. The molecule has 2 aromatic carbocycles. The first-order chi connectivity index (χ1) is 12.2. The maximum absolute atomic E-state index is 12.6. The molecule has 0 spiro atoms. The second kappa shape index (κ2) is 8.33. The number of esters is 1. The molecule has 2 aromatic rings. The Morgan fingerprint density at radius 2 is 1.62 bits per heavy atom. The molecule has 0 fully saturated rings. The van der Waals surface area contributed by atoms with E-state index in [4.69, 9.17) is 4.74 Å². The summed E-state index contributed by atoms with van der Waals surface area (Å²) >= 11 is 0. The molecule has 0 amide bonds. The fourth-order valence-electron chi connectivity index (χ4n) is 2.49. The number of hydrogen-bond acceptors (Lipinski definition) is 5. The molecule has 0 aromatic heterocycles. The summed E-state index contributed by atoms with van der Waals surface area (Å²) in [6.45, 7) is 4.40. The summed E-state index contributed by atoms with van der Waals surface area (Å²) in [7, 11) is -0.889. The van der Waals surface area contributed by atoms with Crippen molar-refractivity contribution >= 4 is 16.0 Å². The zero-order valence-electron chi connectivity index (χ0n) is 15.4. The molecule has 26 heavy (non-hydrogen) atoms. The fourth-order valence-corrected chi connectivity index (χ4v) is 3.64. The van der Waals surface area contributed by atoms with Gasteiger partial charge in [0.25, 0.3) is 0 Å². The van der Waals surface area contributed by atoms with Gasteiger partial charge in [0.05, 0.1) is 17.6 Å². The maximum Gasteiger partial charge on any atom is 0.337 e. The Labute approximate surface area is 154 Å². The van der Waals surface area contributed by atoms with Crippen molar-refractivity contribution in [1.29, 1.82) is 0 Å². The highest BCUT2D eigenvalue weighted by Crippen LogP contribution is 2.18. The zero-order valence-corrected chi connectivity index (χ0v) is 16.2. The van der Waals surface area contributed by atoms with Crippen molar-refractivity contribution in [2.24, 2.45) is 0 Å². The molecule has 0 unspecified atom stereocenters. The summed E-state index contributed by atoms with van der Waals surface area (Å²) in [6.07, 6.45) is 0. The second-order valence-corrected chi connectivity index (χ2v) is 8.06. The summed E-state index contributed by atoms with van der Waals surface area (Å²) in [5.74, 6) is 0.208. The minimum Gasteiger partial charge on any atom is -0.492 e. The Balaban J connectivity index is 2.01. The number of rotatable bonds is 7. The van der Waals surface area contributed by atoms with E-state index >= 15 is 0 Å². The number of sulfonamides is 1. The van der Waals surface area contributed by atoms with Crippen LogP contribution in [0.3, 0.4) is 0 Å². The van der Waals surface area contributed by atoms with Crippen LogP contribution in [0.15, 0.2) is 47.4 Å². The van der Waals surface area contributed by atoms with Crippen molar-refractivity contribution in [3.05, 3.63) is 59.2 Å². The average Bonchev–Trinajstić information content (AvgIpc) is 2.60. The van der Waals surface area contributed by atoms with E-state index in [-0.39, 0.29) is 18.0 Å². The van der Waals surface area contributed by atoms with Crippen molar-refractivity contribution in [1.82, 2.24) is 4.31 Å². The van der Waals surface area contributed by atoms with Crippen molar-refractivity contribution in [2.75, 3.05) is 27.3 Å². The molecule has 0 radical (unpaired) electrons. The van der Waals surface area contributed by atoms with Crippen LogP contribution in [-0.4, -0.2) is 46.0 Å². The lowest BCUT2D eigenvalue weighted by Gasteiger charge is -2.18. The molecule has 7 heteroatoms. The van der Waals surface area contributed by atoms with E-state index in [9.17, 15) is 13.2 Å². The average molecular weight is 377 g/mol. The van der Waals surface area contributed by atoms with Crippen LogP contribution in [-0.2, 0) is 14.8 Å². The largest absolute Gasteiger partial charge is 0.492 e. The third kappa shape index (κ3) is 4.83. The third-order valence-electron chi connectivity index (χ3n) is 3.85. The van der Waals surface area contributed by atoms with E-state index in [0.717, 1.165) is 16.9 Å². The molecule has 2 rings (SSSR count). The minimum atomic E-state index is -3.66. The van der Waals surface area contributed by atoms with Crippen LogP contribution in [0.1, 0.15) is 21.5 Å². The summed E-state index contributed by atoms with van der Waals surface area (Å²) in [6, 6.07) is 11.5. The van der Waals surface area contributed by atoms with Gasteiger partial charge in [0.1, 0.15) is 12.4 Å². The van der Waals surface area contributed by atoms with Gasteiger partial charge in [-0.2, -0.15) is 4.31 Å². The van der Waals surface area contributed by atoms with Crippen molar-refractivity contribution in [3.63, 3.8) is 0 Å². The zero-order chi connectivity index (χ0) is 19.3. The molecule has 0 aliphatic rings. The molecule has 0 bridgehead atoms. The maximum atomic E-state index is 12.6. The number of carbonyl (C=O) groups is 1. The number of hydrogen-bond donors (Lipinski definition) is 0. The van der Waals surface area contributed by atoms with Gasteiger partial charge < -0.3 is 9.47 Å². The SMILES string of the molecule is COC(=O)c1ccc(S(=O)(=O)N(C)CCOc2cc(C)cc(C)c2)cc1. The number of nitrogens with zero attached hydrogens (tertiary/aromatic N) is 1. The van der Waals surface area contributed by atoms with Gasteiger partial charge in [0.15, 0.2) is 0 Å². The van der Waals surface area contributed by atoms with Crippen LogP contribution in [0.4, 0.5) is 0 Å². The minimum absolute atomic E-state index is 0.110. The molecule has 6 nitrogen and oxygen atoms in total. The van der Waals surface area contributed by atoms with Gasteiger partial charge >= 0.3 is 5.97 Å². The Morgan fingerprint density at radius 3 is 2.15 bits per heavy atom. The normalized spacial score (nSPS) is 11.4. The van der Waals surface area contributed by atoms with E-state index in [1.165, 1.54) is 42.7 Å². The van der Waals surface area contributed by atoms with Crippen LogP contribution in [0.5, 0.6) is 5.75 Å². The Morgan fingerprint density at radius 1 is 1.04 bits per heavy atom. The van der Waals surface area contributed by atoms with Crippen molar-refractivity contribution < 1.29 is 22.7 Å². The van der Waals surface area contributed by atoms with Crippen molar-refractivity contribution in [2.45, 2.75) is 18.7 Å². The molecule has 0 N–H and O–H groups in total. The van der Waals surface area contributed by atoms with Gasteiger partial charge in [0.2, 0.25) is 10.0 Å². The predicted molar refractivity (Wildman–Crippen MR) is 99.0 cm³/mol. The van der Waals surface area contributed by atoms with Gasteiger partial charge in [-0.15, -0.1) is 0 Å². The number of benzene rings is 2. The van der Waals surface area contributed by atoms with Gasteiger partial charge in [0, 0.05) is 13.6 Å². The Bertz CT molecular complexity index is 855. The summed E-state index contributed by atoms with van der Waals surface area (Å²) in [5, 5.41) is 0. The highest BCUT2D eigenvalue weighted by atomic mass is 32.2. The van der Waals surface area contributed by atoms with Crippen LogP contribution < -0.4 is 4.74 Å². The number of aryl methyl sites for hydroxylation is 2. The Hall–Kier alpha value is -2.38. The topological polar surface area (TPSA) is 72.9 Å².